The summed E-state index contributed by atoms with van der Waals surface area (Å²) in [5.41, 5.74) is 2.29. The van der Waals surface area contributed by atoms with Gasteiger partial charge >= 0.3 is 0 Å². The zero-order chi connectivity index (χ0) is 6.10. The van der Waals surface area contributed by atoms with Crippen molar-refractivity contribution in [3.8, 4) is 11.1 Å². The number of aromatic nitrogens is 1. The molecular weight excluding hydrogens is 130 g/mol. The van der Waals surface area contributed by atoms with Crippen LogP contribution in [-0.2, 0) is 0 Å². The Kier molecular flexibility index (Phi) is 0.993. The van der Waals surface area contributed by atoms with E-state index in [0.29, 0.717) is 0 Å². The van der Waals surface area contributed by atoms with Crippen LogP contribution in [0.4, 0.5) is 0 Å². The summed E-state index contributed by atoms with van der Waals surface area (Å²) < 4.78 is 0. The predicted molar refractivity (Wildman–Crippen MR) is 37.6 cm³/mol. The van der Waals surface area contributed by atoms with E-state index in [0.717, 1.165) is 5.56 Å². The Hall–Kier alpha value is -0.890. The van der Waals surface area contributed by atoms with Crippen LogP contribution in [0.1, 0.15) is 0 Å². The first kappa shape index (κ1) is 4.94. The molecule has 43 valence electrons. The molecule has 0 N–H and O–H groups in total. The summed E-state index contributed by atoms with van der Waals surface area (Å²) in [6.45, 7) is 0. The molecule has 0 spiro atoms. The molecule has 0 unspecified atom stereocenters. The maximum atomic E-state index is 3.88. The monoisotopic (exact) mass is 134 g/mol. The molecule has 0 saturated carbocycles. The molecule has 1 radical (unpaired) electrons. The second-order valence-corrected chi connectivity index (χ2v) is 2.58. The third-order valence-electron chi connectivity index (χ3n) is 1.21. The average molecular weight is 134 g/mol. The lowest BCUT2D eigenvalue weighted by Gasteiger charge is -1.89. The summed E-state index contributed by atoms with van der Waals surface area (Å²) in [6, 6.07) is 2.02. The van der Waals surface area contributed by atoms with Crippen molar-refractivity contribution in [2.45, 2.75) is 0 Å². The molecular formula is C7H4NS. The Morgan fingerprint density at radius 3 is 3.44 bits per heavy atom. The molecule has 0 fully saturated rings. The number of rotatable bonds is 0. The first-order valence-corrected chi connectivity index (χ1v) is 3.60. The lowest BCUT2D eigenvalue weighted by Crippen LogP contribution is -1.64. The highest BCUT2D eigenvalue weighted by Crippen LogP contribution is 2.20. The molecule has 2 heterocycles. The summed E-state index contributed by atoms with van der Waals surface area (Å²) in [5.74, 6) is 0. The van der Waals surface area contributed by atoms with E-state index < -0.39 is 0 Å². The van der Waals surface area contributed by atoms with Crippen molar-refractivity contribution in [3.63, 3.8) is 0 Å². The van der Waals surface area contributed by atoms with E-state index in [1.165, 1.54) is 5.56 Å². The number of hydrogen-bond acceptors (Lipinski definition) is 2. The number of fused-ring (bicyclic) bond motifs is 1. The zero-order valence-electron chi connectivity index (χ0n) is 4.66. The van der Waals surface area contributed by atoms with Crippen molar-refractivity contribution in [2.75, 3.05) is 0 Å². The van der Waals surface area contributed by atoms with Gasteiger partial charge < -0.3 is 0 Å². The Labute approximate surface area is 57.3 Å². The highest BCUT2D eigenvalue weighted by molar-refractivity contribution is 7.07. The maximum Gasteiger partial charge on any atom is 0.0972 e. The summed E-state index contributed by atoms with van der Waals surface area (Å²) >= 11 is 1.68. The topological polar surface area (TPSA) is 12.9 Å². The van der Waals surface area contributed by atoms with Crippen LogP contribution in [0.2, 0.25) is 0 Å². The minimum absolute atomic E-state index is 1.11. The van der Waals surface area contributed by atoms with E-state index in [-0.39, 0.29) is 0 Å². The van der Waals surface area contributed by atoms with Gasteiger partial charge in [0.15, 0.2) is 0 Å². The number of nitrogens with zero attached hydrogens (tertiary/aromatic N) is 1. The molecule has 0 amide bonds. The molecule has 2 aliphatic heterocycles. The van der Waals surface area contributed by atoms with E-state index in [2.05, 4.69) is 16.6 Å². The Morgan fingerprint density at radius 1 is 1.56 bits per heavy atom. The van der Waals surface area contributed by atoms with Gasteiger partial charge in [-0.2, -0.15) is 11.3 Å². The standard InChI is InChI=1S/C7H4NS/c1-2-9-5-7-4-8-3-6(1)7/h1-2,4-5H. The molecule has 0 aromatic heterocycles. The normalized spacial score (nSPS) is 10.2. The molecule has 0 saturated heterocycles. The molecule has 0 aliphatic carbocycles. The average Bonchev–Trinajstić information content (AvgIpc) is 2.33. The fourth-order valence-electron chi connectivity index (χ4n) is 0.753. The van der Waals surface area contributed by atoms with Gasteiger partial charge in [0.05, 0.1) is 6.20 Å². The molecule has 0 aromatic rings. The van der Waals surface area contributed by atoms with Crippen molar-refractivity contribution in [1.29, 1.82) is 0 Å². The first-order valence-electron chi connectivity index (χ1n) is 2.65. The van der Waals surface area contributed by atoms with Crippen molar-refractivity contribution < 1.29 is 0 Å². The SMILES string of the molecule is [c]1ncc2csccc1-2. The van der Waals surface area contributed by atoms with E-state index in [4.69, 9.17) is 0 Å². The summed E-state index contributed by atoms with van der Waals surface area (Å²) in [4.78, 5) is 3.88. The lowest BCUT2D eigenvalue weighted by molar-refractivity contribution is 1.41. The second kappa shape index (κ2) is 1.81. The van der Waals surface area contributed by atoms with E-state index in [9.17, 15) is 0 Å². The summed E-state index contributed by atoms with van der Waals surface area (Å²) in [5, 5.41) is 4.10. The molecule has 0 atom stereocenters. The second-order valence-electron chi connectivity index (χ2n) is 1.80. The summed E-state index contributed by atoms with van der Waals surface area (Å²) in [7, 11) is 0. The molecule has 9 heavy (non-hydrogen) atoms. The third kappa shape index (κ3) is 0.715. The van der Waals surface area contributed by atoms with Gasteiger partial charge in [-0.25, -0.2) is 0 Å². The smallest absolute Gasteiger partial charge is 0.0972 e. The minimum atomic E-state index is 1.11. The highest BCUT2D eigenvalue weighted by Gasteiger charge is 1.98. The summed E-state index contributed by atoms with van der Waals surface area (Å²) in [6.07, 6.45) is 4.70. The van der Waals surface area contributed by atoms with E-state index in [1.807, 2.05) is 17.6 Å². The van der Waals surface area contributed by atoms with Crippen LogP contribution < -0.4 is 0 Å². The molecule has 2 rings (SSSR count). The largest absolute Gasteiger partial charge is 0.253 e. The van der Waals surface area contributed by atoms with Crippen molar-refractivity contribution in [3.05, 3.63) is 29.2 Å². The fourth-order valence-corrected chi connectivity index (χ4v) is 1.38. The van der Waals surface area contributed by atoms with Crippen LogP contribution >= 0.6 is 11.3 Å². The van der Waals surface area contributed by atoms with Crippen LogP contribution in [0.15, 0.2) is 23.0 Å². The molecule has 0 bridgehead atoms. The van der Waals surface area contributed by atoms with Crippen LogP contribution in [0.25, 0.3) is 11.1 Å². The van der Waals surface area contributed by atoms with Gasteiger partial charge in [-0.1, -0.05) is 0 Å². The van der Waals surface area contributed by atoms with Crippen LogP contribution in [0.3, 0.4) is 0 Å². The molecule has 2 aliphatic rings. The van der Waals surface area contributed by atoms with Crippen molar-refractivity contribution in [2.24, 2.45) is 0 Å². The first-order chi connectivity index (χ1) is 4.47. The van der Waals surface area contributed by atoms with Gasteiger partial charge in [0.1, 0.15) is 0 Å². The lowest BCUT2D eigenvalue weighted by atomic mass is 10.2. The van der Waals surface area contributed by atoms with Crippen LogP contribution in [0.5, 0.6) is 0 Å². The minimum Gasteiger partial charge on any atom is -0.253 e. The van der Waals surface area contributed by atoms with Gasteiger partial charge in [0.2, 0.25) is 0 Å². The van der Waals surface area contributed by atoms with Crippen molar-refractivity contribution in [1.82, 2.24) is 4.98 Å². The Morgan fingerprint density at radius 2 is 2.56 bits per heavy atom. The Bertz CT molecular complexity index is 249. The zero-order valence-corrected chi connectivity index (χ0v) is 5.48. The predicted octanol–water partition coefficient (Wildman–Crippen LogP) is 2.05. The van der Waals surface area contributed by atoms with Gasteiger partial charge in [-0.05, 0) is 11.4 Å². The highest BCUT2D eigenvalue weighted by atomic mass is 32.1. The van der Waals surface area contributed by atoms with Gasteiger partial charge in [0.25, 0.3) is 0 Å². The van der Waals surface area contributed by atoms with Gasteiger partial charge in [-0.15, -0.1) is 0 Å². The van der Waals surface area contributed by atoms with E-state index in [1.54, 1.807) is 11.3 Å². The van der Waals surface area contributed by atoms with Gasteiger partial charge in [0, 0.05) is 22.7 Å². The number of hydrogen-bond donors (Lipinski definition) is 0. The fraction of sp³-hybridized carbons (Fsp3) is 0. The molecule has 0 aromatic carbocycles. The van der Waals surface area contributed by atoms with Crippen LogP contribution in [-0.4, -0.2) is 4.98 Å². The van der Waals surface area contributed by atoms with Crippen LogP contribution in [0, 0.1) is 6.20 Å². The van der Waals surface area contributed by atoms with E-state index >= 15 is 0 Å². The maximum absolute atomic E-state index is 3.88. The molecule has 2 heteroatoms. The third-order valence-corrected chi connectivity index (χ3v) is 1.89. The molecule has 1 nitrogen and oxygen atoms in total. The van der Waals surface area contributed by atoms with Gasteiger partial charge in [-0.3, -0.25) is 4.98 Å². The quantitative estimate of drug-likeness (QED) is 0.537. The van der Waals surface area contributed by atoms with Crippen molar-refractivity contribution >= 4 is 11.3 Å². The Balaban J connectivity index is 2.79.